The number of nitrogens with two attached hydrogens (primary N) is 1. The summed E-state index contributed by atoms with van der Waals surface area (Å²) in [6.07, 6.45) is 1.76. The van der Waals surface area contributed by atoms with Crippen LogP contribution in [0.25, 0.3) is 10.9 Å². The number of hydrogen-bond donors (Lipinski definition) is 3. The number of anilines is 3. The summed E-state index contributed by atoms with van der Waals surface area (Å²) in [5.41, 5.74) is 8.70. The Hall–Kier alpha value is -3.65. The lowest BCUT2D eigenvalue weighted by Gasteiger charge is -2.06. The van der Waals surface area contributed by atoms with Crippen molar-refractivity contribution in [1.82, 2.24) is 9.78 Å². The molecule has 2 aromatic carbocycles. The predicted molar refractivity (Wildman–Crippen MR) is 116 cm³/mol. The molecule has 8 heteroatoms. The molecule has 4 N–H and O–H groups in total. The lowest BCUT2D eigenvalue weighted by molar-refractivity contribution is -0.114. The van der Waals surface area contributed by atoms with Crippen molar-refractivity contribution in [3.8, 4) is 0 Å². The molecule has 0 saturated carbocycles. The molecule has 4 rings (SSSR count). The molecule has 0 bridgehead atoms. The van der Waals surface area contributed by atoms with Gasteiger partial charge in [0.05, 0.1) is 34.5 Å². The number of para-hydroxylation sites is 2. The van der Waals surface area contributed by atoms with E-state index in [-0.39, 0.29) is 11.8 Å². The second-order valence-electron chi connectivity index (χ2n) is 6.56. The number of aromatic nitrogens is 2. The number of nitrogens with one attached hydrogen (secondary N) is 2. The Labute approximate surface area is 171 Å². The van der Waals surface area contributed by atoms with Crippen molar-refractivity contribution in [1.29, 1.82) is 0 Å². The fraction of sp³-hybridized carbons (Fsp3) is 0.0952. The summed E-state index contributed by atoms with van der Waals surface area (Å²) in [5.74, 6) is -0.303. The predicted octanol–water partition coefficient (Wildman–Crippen LogP) is 3.94. The van der Waals surface area contributed by atoms with Crippen LogP contribution in [0.2, 0.25) is 0 Å². The molecule has 2 aromatic heterocycles. The third-order valence-electron chi connectivity index (χ3n) is 4.36. The molecule has 0 aliphatic heterocycles. The first-order valence-electron chi connectivity index (χ1n) is 8.97. The number of carbonyl (C=O) groups excluding carboxylic acids is 2. The molecule has 4 aromatic rings. The molecule has 0 spiro atoms. The quantitative estimate of drug-likeness (QED) is 0.438. The summed E-state index contributed by atoms with van der Waals surface area (Å²) in [5, 5.41) is 11.0. The Morgan fingerprint density at radius 1 is 1.10 bits per heavy atom. The Morgan fingerprint density at radius 2 is 1.93 bits per heavy atom. The van der Waals surface area contributed by atoms with E-state index < -0.39 is 0 Å². The number of hydrogen-bond acceptors (Lipinski definition) is 5. The van der Waals surface area contributed by atoms with Gasteiger partial charge in [0.1, 0.15) is 0 Å². The standard InChI is InChI=1S/C21H19N5O2S/c1-13(27)24-15-6-8-19-14(10-15)11-23-26(19)12-16-7-9-20(29-16)21(28)25-18-5-3-2-4-17(18)22/h2-11H,12,22H2,1H3,(H,24,27)(H,25,28). The van der Waals surface area contributed by atoms with Crippen LogP contribution < -0.4 is 16.4 Å². The van der Waals surface area contributed by atoms with Gasteiger partial charge in [-0.15, -0.1) is 11.3 Å². The zero-order valence-corrected chi connectivity index (χ0v) is 16.5. The Bertz CT molecular complexity index is 1210. The first kappa shape index (κ1) is 18.7. The summed E-state index contributed by atoms with van der Waals surface area (Å²) in [4.78, 5) is 25.3. The molecule has 0 atom stereocenters. The zero-order valence-electron chi connectivity index (χ0n) is 15.7. The van der Waals surface area contributed by atoms with Crippen molar-refractivity contribution in [2.45, 2.75) is 13.5 Å². The lowest BCUT2D eigenvalue weighted by atomic mass is 10.2. The zero-order chi connectivity index (χ0) is 20.4. The van der Waals surface area contributed by atoms with Gasteiger partial charge in [0.15, 0.2) is 0 Å². The first-order chi connectivity index (χ1) is 14.0. The van der Waals surface area contributed by atoms with Gasteiger partial charge in [-0.05, 0) is 42.5 Å². The van der Waals surface area contributed by atoms with E-state index in [2.05, 4.69) is 15.7 Å². The highest BCUT2D eigenvalue weighted by atomic mass is 32.1. The molecular formula is C21H19N5O2S. The topological polar surface area (TPSA) is 102 Å². The van der Waals surface area contributed by atoms with E-state index >= 15 is 0 Å². The van der Waals surface area contributed by atoms with Crippen molar-refractivity contribution in [3.63, 3.8) is 0 Å². The molecule has 29 heavy (non-hydrogen) atoms. The maximum atomic E-state index is 12.5. The van der Waals surface area contributed by atoms with Crippen LogP contribution in [0.15, 0.2) is 60.8 Å². The van der Waals surface area contributed by atoms with Crippen molar-refractivity contribution >= 4 is 51.1 Å². The minimum atomic E-state index is -0.190. The van der Waals surface area contributed by atoms with Crippen molar-refractivity contribution < 1.29 is 9.59 Å². The van der Waals surface area contributed by atoms with Crippen molar-refractivity contribution in [2.24, 2.45) is 0 Å². The second kappa shape index (κ2) is 7.76. The van der Waals surface area contributed by atoms with Gasteiger partial charge in [-0.2, -0.15) is 5.10 Å². The highest BCUT2D eigenvalue weighted by Crippen LogP contribution is 2.24. The molecular weight excluding hydrogens is 386 g/mol. The van der Waals surface area contributed by atoms with Crippen LogP contribution in [-0.2, 0) is 11.3 Å². The van der Waals surface area contributed by atoms with E-state index in [0.717, 1.165) is 21.5 Å². The van der Waals surface area contributed by atoms with Crippen LogP contribution in [0.5, 0.6) is 0 Å². The minimum absolute atomic E-state index is 0.113. The van der Waals surface area contributed by atoms with Gasteiger partial charge < -0.3 is 16.4 Å². The van der Waals surface area contributed by atoms with E-state index in [1.165, 1.54) is 18.3 Å². The van der Waals surface area contributed by atoms with Crippen LogP contribution in [0, 0.1) is 0 Å². The smallest absolute Gasteiger partial charge is 0.265 e. The third-order valence-corrected chi connectivity index (χ3v) is 5.43. The third kappa shape index (κ3) is 4.12. The van der Waals surface area contributed by atoms with Gasteiger partial charge in [0.25, 0.3) is 5.91 Å². The van der Waals surface area contributed by atoms with Crippen LogP contribution in [0.4, 0.5) is 17.1 Å². The van der Waals surface area contributed by atoms with Gasteiger partial charge in [-0.3, -0.25) is 14.3 Å². The Balaban J connectivity index is 1.49. The highest BCUT2D eigenvalue weighted by Gasteiger charge is 2.12. The number of thiophene rings is 1. The molecule has 7 nitrogen and oxygen atoms in total. The summed E-state index contributed by atoms with van der Waals surface area (Å²) in [6.45, 7) is 2.03. The molecule has 0 radical (unpaired) electrons. The first-order valence-corrected chi connectivity index (χ1v) is 9.79. The Kier molecular flexibility index (Phi) is 5.01. The van der Waals surface area contributed by atoms with Crippen LogP contribution in [0.3, 0.4) is 0 Å². The largest absolute Gasteiger partial charge is 0.397 e. The number of fused-ring (bicyclic) bond motifs is 1. The molecule has 2 heterocycles. The molecule has 0 fully saturated rings. The fourth-order valence-corrected chi connectivity index (χ4v) is 3.91. The fourth-order valence-electron chi connectivity index (χ4n) is 3.02. The molecule has 2 amide bonds. The molecule has 0 saturated heterocycles. The van der Waals surface area contributed by atoms with Gasteiger partial charge in [0, 0.05) is 22.9 Å². The maximum Gasteiger partial charge on any atom is 0.265 e. The van der Waals surface area contributed by atoms with Crippen LogP contribution >= 0.6 is 11.3 Å². The summed E-state index contributed by atoms with van der Waals surface area (Å²) in [6, 6.07) is 16.5. The molecule has 0 unspecified atom stereocenters. The van der Waals surface area contributed by atoms with Gasteiger partial charge in [-0.25, -0.2) is 0 Å². The van der Waals surface area contributed by atoms with Crippen LogP contribution in [-0.4, -0.2) is 21.6 Å². The normalized spacial score (nSPS) is 10.8. The lowest BCUT2D eigenvalue weighted by Crippen LogP contribution is -2.11. The van der Waals surface area contributed by atoms with E-state index in [9.17, 15) is 9.59 Å². The average molecular weight is 405 g/mol. The van der Waals surface area contributed by atoms with E-state index in [1.807, 2.05) is 41.1 Å². The number of benzene rings is 2. The summed E-state index contributed by atoms with van der Waals surface area (Å²) >= 11 is 1.41. The van der Waals surface area contributed by atoms with Crippen LogP contribution in [0.1, 0.15) is 21.5 Å². The minimum Gasteiger partial charge on any atom is -0.397 e. The number of carbonyl (C=O) groups is 2. The monoisotopic (exact) mass is 405 g/mol. The summed E-state index contributed by atoms with van der Waals surface area (Å²) < 4.78 is 1.87. The number of amides is 2. The molecule has 0 aliphatic rings. The van der Waals surface area contributed by atoms with Gasteiger partial charge >= 0.3 is 0 Å². The number of nitrogen functional groups attached to an aromatic ring is 1. The summed E-state index contributed by atoms with van der Waals surface area (Å²) in [7, 11) is 0. The SMILES string of the molecule is CC(=O)Nc1ccc2c(cnn2Cc2ccc(C(=O)Nc3ccccc3N)s2)c1. The van der Waals surface area contributed by atoms with Gasteiger partial charge in [0.2, 0.25) is 5.91 Å². The van der Waals surface area contributed by atoms with Gasteiger partial charge in [-0.1, -0.05) is 12.1 Å². The average Bonchev–Trinajstić information content (AvgIpc) is 3.31. The number of rotatable bonds is 5. The van der Waals surface area contributed by atoms with Crippen molar-refractivity contribution in [3.05, 3.63) is 70.5 Å². The number of nitrogens with zero attached hydrogens (tertiary/aromatic N) is 2. The van der Waals surface area contributed by atoms with E-state index in [0.29, 0.717) is 22.8 Å². The Morgan fingerprint density at radius 3 is 2.72 bits per heavy atom. The maximum absolute atomic E-state index is 12.5. The van der Waals surface area contributed by atoms with Crippen molar-refractivity contribution in [2.75, 3.05) is 16.4 Å². The van der Waals surface area contributed by atoms with E-state index in [4.69, 9.17) is 5.73 Å². The highest BCUT2D eigenvalue weighted by molar-refractivity contribution is 7.14. The molecule has 146 valence electrons. The molecule has 0 aliphatic carbocycles. The second-order valence-corrected chi connectivity index (χ2v) is 7.73. The van der Waals surface area contributed by atoms with E-state index in [1.54, 1.807) is 24.4 Å².